The first-order valence-electron chi connectivity index (χ1n) is 9.23. The van der Waals surface area contributed by atoms with Gasteiger partial charge >= 0.3 is 0 Å². The van der Waals surface area contributed by atoms with Crippen LogP contribution < -0.4 is 9.64 Å². The highest BCUT2D eigenvalue weighted by Crippen LogP contribution is 2.39. The number of thioether (sulfide) groups is 1. The van der Waals surface area contributed by atoms with E-state index in [0.29, 0.717) is 39.1 Å². The minimum Gasteiger partial charge on any atom is -0.494 e. The number of imide groups is 1. The van der Waals surface area contributed by atoms with Gasteiger partial charge in [-0.3, -0.25) is 9.59 Å². The van der Waals surface area contributed by atoms with Crippen molar-refractivity contribution in [2.45, 2.75) is 27.2 Å². The van der Waals surface area contributed by atoms with Crippen LogP contribution in [0.3, 0.4) is 0 Å². The van der Waals surface area contributed by atoms with Crippen molar-refractivity contribution in [1.82, 2.24) is 0 Å². The zero-order valence-corrected chi connectivity index (χ0v) is 17.7. The van der Waals surface area contributed by atoms with Crippen LogP contribution in [-0.4, -0.2) is 24.2 Å². The fraction of sp³-hybridized carbons (Fsp3) is 0.273. The molecule has 0 aromatic heterocycles. The fourth-order valence-electron chi connectivity index (χ4n) is 2.94. The molecule has 0 radical (unpaired) electrons. The molecular weight excluding hydrogens is 394 g/mol. The van der Waals surface area contributed by atoms with Crippen LogP contribution >= 0.6 is 23.4 Å². The molecule has 2 aromatic carbocycles. The van der Waals surface area contributed by atoms with Gasteiger partial charge in [-0.2, -0.15) is 0 Å². The van der Waals surface area contributed by atoms with E-state index in [0.717, 1.165) is 17.7 Å². The van der Waals surface area contributed by atoms with Crippen molar-refractivity contribution in [1.29, 1.82) is 0 Å². The Bertz CT molecular complexity index is 937. The van der Waals surface area contributed by atoms with Crippen LogP contribution in [0.5, 0.6) is 5.75 Å². The molecule has 1 aliphatic rings. The molecule has 3 rings (SSSR count). The van der Waals surface area contributed by atoms with Gasteiger partial charge in [0.2, 0.25) is 0 Å². The third kappa shape index (κ3) is 3.96. The summed E-state index contributed by atoms with van der Waals surface area (Å²) < 4.78 is 5.61. The highest BCUT2D eigenvalue weighted by atomic mass is 35.5. The van der Waals surface area contributed by atoms with Gasteiger partial charge in [0.15, 0.2) is 0 Å². The second-order valence-corrected chi connectivity index (χ2v) is 8.07. The topological polar surface area (TPSA) is 46.6 Å². The summed E-state index contributed by atoms with van der Waals surface area (Å²) in [6.45, 7) is 6.52. The molecule has 0 aliphatic carbocycles. The van der Waals surface area contributed by atoms with Crippen LogP contribution in [0.2, 0.25) is 5.02 Å². The first-order valence-corrected chi connectivity index (χ1v) is 10.6. The number of halogens is 1. The van der Waals surface area contributed by atoms with Crippen molar-refractivity contribution in [2.75, 3.05) is 17.3 Å². The summed E-state index contributed by atoms with van der Waals surface area (Å²) in [5.41, 5.74) is 2.51. The van der Waals surface area contributed by atoms with E-state index in [1.165, 1.54) is 16.7 Å². The predicted molar refractivity (Wildman–Crippen MR) is 116 cm³/mol. The van der Waals surface area contributed by atoms with Gasteiger partial charge in [-0.15, -0.1) is 11.8 Å². The van der Waals surface area contributed by atoms with E-state index in [1.807, 2.05) is 51.1 Å². The number of benzene rings is 2. The second-order valence-electron chi connectivity index (χ2n) is 6.39. The molecule has 0 atom stereocenters. The highest BCUT2D eigenvalue weighted by Gasteiger charge is 2.40. The maximum atomic E-state index is 13.2. The summed E-state index contributed by atoms with van der Waals surface area (Å²) in [5.74, 6) is 0.800. The monoisotopic (exact) mass is 415 g/mol. The quantitative estimate of drug-likeness (QED) is 0.562. The number of anilines is 1. The lowest BCUT2D eigenvalue weighted by Crippen LogP contribution is -2.31. The number of hydrogen-bond acceptors (Lipinski definition) is 4. The average Bonchev–Trinajstić information content (AvgIpc) is 2.93. The van der Waals surface area contributed by atoms with Gasteiger partial charge in [-0.1, -0.05) is 43.6 Å². The zero-order valence-electron chi connectivity index (χ0n) is 16.1. The SMILES string of the molecule is CCCOc1ccc(C2=C(SCC)C(=O)N(c3ccc(C)c(Cl)c3)C2=O)cc1. The lowest BCUT2D eigenvalue weighted by Gasteiger charge is -2.16. The predicted octanol–water partition coefficient (Wildman–Crippen LogP) is 5.47. The van der Waals surface area contributed by atoms with Gasteiger partial charge in [0.1, 0.15) is 5.75 Å². The number of nitrogens with zero attached hydrogens (tertiary/aromatic N) is 1. The van der Waals surface area contributed by atoms with E-state index in [-0.39, 0.29) is 11.8 Å². The molecule has 0 spiro atoms. The maximum Gasteiger partial charge on any atom is 0.272 e. The number of ether oxygens (including phenoxy) is 1. The minimum absolute atomic E-state index is 0.307. The molecule has 4 nitrogen and oxygen atoms in total. The summed E-state index contributed by atoms with van der Waals surface area (Å²) in [7, 11) is 0. The Labute approximate surface area is 174 Å². The van der Waals surface area contributed by atoms with Gasteiger partial charge in [0.25, 0.3) is 11.8 Å². The van der Waals surface area contributed by atoms with Crippen molar-refractivity contribution < 1.29 is 14.3 Å². The molecule has 0 bridgehead atoms. The Balaban J connectivity index is 1.99. The molecule has 1 aliphatic heterocycles. The van der Waals surface area contributed by atoms with Gasteiger partial charge in [0, 0.05) is 5.02 Å². The van der Waals surface area contributed by atoms with Crippen molar-refractivity contribution >= 4 is 46.4 Å². The maximum absolute atomic E-state index is 13.2. The number of carbonyl (C=O) groups excluding carboxylic acids is 2. The average molecular weight is 416 g/mol. The first kappa shape index (κ1) is 20.5. The first-order chi connectivity index (χ1) is 13.5. The number of hydrogen-bond donors (Lipinski definition) is 0. The Morgan fingerprint density at radius 1 is 1.04 bits per heavy atom. The Morgan fingerprint density at radius 2 is 1.75 bits per heavy atom. The molecule has 0 fully saturated rings. The third-order valence-corrected chi connectivity index (χ3v) is 5.72. The molecule has 0 saturated heterocycles. The number of amides is 2. The third-order valence-electron chi connectivity index (χ3n) is 4.36. The summed E-state index contributed by atoms with van der Waals surface area (Å²) >= 11 is 7.60. The van der Waals surface area contributed by atoms with Crippen LogP contribution in [0.25, 0.3) is 5.57 Å². The van der Waals surface area contributed by atoms with Crippen LogP contribution in [0, 0.1) is 6.92 Å². The van der Waals surface area contributed by atoms with Crippen LogP contribution in [0.15, 0.2) is 47.4 Å². The summed E-state index contributed by atoms with van der Waals surface area (Å²) in [4.78, 5) is 27.9. The molecule has 0 N–H and O–H groups in total. The molecule has 1 heterocycles. The normalized spacial score (nSPS) is 14.2. The molecule has 0 saturated carbocycles. The summed E-state index contributed by atoms with van der Waals surface area (Å²) in [5, 5.41) is 0.522. The van der Waals surface area contributed by atoms with Crippen molar-refractivity contribution in [2.24, 2.45) is 0 Å². The lowest BCUT2D eigenvalue weighted by atomic mass is 10.1. The van der Waals surface area contributed by atoms with E-state index in [1.54, 1.807) is 12.1 Å². The van der Waals surface area contributed by atoms with Crippen molar-refractivity contribution in [3.8, 4) is 5.75 Å². The molecule has 146 valence electrons. The molecular formula is C22H22ClNO3S. The molecule has 2 aromatic rings. The zero-order chi connectivity index (χ0) is 20.3. The van der Waals surface area contributed by atoms with E-state index in [2.05, 4.69) is 0 Å². The van der Waals surface area contributed by atoms with Gasteiger partial charge in [-0.05, 0) is 54.5 Å². The molecule has 28 heavy (non-hydrogen) atoms. The minimum atomic E-state index is -0.330. The lowest BCUT2D eigenvalue weighted by molar-refractivity contribution is -0.119. The van der Waals surface area contributed by atoms with Gasteiger partial charge < -0.3 is 4.74 Å². The largest absolute Gasteiger partial charge is 0.494 e. The molecule has 0 unspecified atom stereocenters. The van der Waals surface area contributed by atoms with Crippen LogP contribution in [0.4, 0.5) is 5.69 Å². The second kappa shape index (κ2) is 8.84. The fourth-order valence-corrected chi connectivity index (χ4v) is 3.96. The van der Waals surface area contributed by atoms with E-state index in [4.69, 9.17) is 16.3 Å². The Kier molecular flexibility index (Phi) is 6.47. The van der Waals surface area contributed by atoms with Crippen LogP contribution in [0.1, 0.15) is 31.4 Å². The van der Waals surface area contributed by atoms with Crippen LogP contribution in [-0.2, 0) is 9.59 Å². The number of aryl methyl sites for hydroxylation is 1. The van der Waals surface area contributed by atoms with Gasteiger partial charge in [0.05, 0.1) is 22.8 Å². The smallest absolute Gasteiger partial charge is 0.272 e. The van der Waals surface area contributed by atoms with Crippen molar-refractivity contribution in [3.63, 3.8) is 0 Å². The summed E-state index contributed by atoms with van der Waals surface area (Å²) in [6, 6.07) is 12.5. The van der Waals surface area contributed by atoms with E-state index >= 15 is 0 Å². The Morgan fingerprint density at radius 3 is 2.36 bits per heavy atom. The standard InChI is InChI=1S/C22H22ClNO3S/c1-4-12-27-17-10-7-15(8-11-17)19-20(28-5-2)22(26)24(21(19)25)16-9-6-14(3)18(23)13-16/h6-11,13H,4-5,12H2,1-3H3. The van der Waals surface area contributed by atoms with Crippen molar-refractivity contribution in [3.05, 3.63) is 63.5 Å². The summed E-state index contributed by atoms with van der Waals surface area (Å²) in [6.07, 6.45) is 0.922. The van der Waals surface area contributed by atoms with Gasteiger partial charge in [-0.25, -0.2) is 4.90 Å². The number of rotatable bonds is 7. The van der Waals surface area contributed by atoms with E-state index in [9.17, 15) is 9.59 Å². The molecule has 6 heteroatoms. The Hall–Kier alpha value is -2.24. The molecule has 2 amide bonds. The number of carbonyl (C=O) groups is 2. The highest BCUT2D eigenvalue weighted by molar-refractivity contribution is 8.04. The van der Waals surface area contributed by atoms with E-state index < -0.39 is 0 Å².